The van der Waals surface area contributed by atoms with Crippen LogP contribution in [0.15, 0.2) is 0 Å². The first kappa shape index (κ1) is 9.92. The molecule has 0 unspecified atom stereocenters. The Morgan fingerprint density at radius 2 is 1.70 bits per heavy atom. The van der Waals surface area contributed by atoms with Crippen LogP contribution in [0.1, 0.15) is 26.7 Å². The smallest absolute Gasteiger partial charge is 0.00614 e. The largest absolute Gasteiger partial charge is 0.328 e. The molecule has 0 radical (unpaired) electrons. The van der Waals surface area contributed by atoms with Crippen LogP contribution in [0, 0.1) is 0 Å². The second-order valence-corrected chi connectivity index (χ2v) is 3.37. The van der Waals surface area contributed by atoms with Crippen molar-refractivity contribution in [3.05, 3.63) is 0 Å². The van der Waals surface area contributed by atoms with Gasteiger partial charge in [0.05, 0.1) is 0 Å². The van der Waals surface area contributed by atoms with Crippen molar-refractivity contribution in [1.82, 2.24) is 4.90 Å². The molecule has 0 saturated carbocycles. The van der Waals surface area contributed by atoms with Crippen molar-refractivity contribution in [3.63, 3.8) is 0 Å². The molecular weight excluding hydrogens is 124 g/mol. The van der Waals surface area contributed by atoms with E-state index in [4.69, 9.17) is 5.73 Å². The maximum absolute atomic E-state index is 5.62. The summed E-state index contributed by atoms with van der Waals surface area (Å²) in [4.78, 5) is 2.22. The van der Waals surface area contributed by atoms with E-state index in [1.54, 1.807) is 0 Å². The van der Waals surface area contributed by atoms with Gasteiger partial charge in [-0.1, -0.05) is 0 Å². The second-order valence-electron chi connectivity index (χ2n) is 3.37. The molecule has 0 rings (SSSR count). The van der Waals surface area contributed by atoms with Crippen molar-refractivity contribution >= 4 is 0 Å². The van der Waals surface area contributed by atoms with E-state index in [1.165, 1.54) is 6.42 Å². The lowest BCUT2D eigenvalue weighted by atomic mass is 10.1. The average Bonchev–Trinajstić information content (AvgIpc) is 1.82. The maximum atomic E-state index is 5.62. The van der Waals surface area contributed by atoms with Crippen molar-refractivity contribution in [2.75, 3.05) is 14.1 Å². The fourth-order valence-electron chi connectivity index (χ4n) is 0.762. The molecule has 0 fully saturated rings. The van der Waals surface area contributed by atoms with E-state index in [2.05, 4.69) is 32.8 Å². The van der Waals surface area contributed by atoms with Crippen LogP contribution >= 0.6 is 0 Å². The average molecular weight is 144 g/mol. The quantitative estimate of drug-likeness (QED) is 0.639. The maximum Gasteiger partial charge on any atom is 0.00614 e. The van der Waals surface area contributed by atoms with Crippen molar-refractivity contribution in [3.8, 4) is 0 Å². The number of nitrogens with two attached hydrogens (primary N) is 1. The lowest BCUT2D eigenvalue weighted by molar-refractivity contribution is 0.289. The highest BCUT2D eigenvalue weighted by molar-refractivity contribution is 4.62. The zero-order valence-electron chi connectivity index (χ0n) is 7.59. The summed E-state index contributed by atoms with van der Waals surface area (Å²) >= 11 is 0. The van der Waals surface area contributed by atoms with Gasteiger partial charge in [-0.25, -0.2) is 0 Å². The van der Waals surface area contributed by atoms with Crippen molar-refractivity contribution in [2.45, 2.75) is 38.8 Å². The fraction of sp³-hybridized carbons (Fsp3) is 1.00. The number of rotatable bonds is 4. The summed E-state index contributed by atoms with van der Waals surface area (Å²) in [6.45, 7) is 4.28. The SMILES string of the molecule is C[C@H](N)CC[C@H](C)N(C)C. The second kappa shape index (κ2) is 4.69. The van der Waals surface area contributed by atoms with Crippen LogP contribution in [-0.2, 0) is 0 Å². The fourth-order valence-corrected chi connectivity index (χ4v) is 0.762. The minimum absolute atomic E-state index is 0.349. The summed E-state index contributed by atoms with van der Waals surface area (Å²) < 4.78 is 0. The van der Waals surface area contributed by atoms with Gasteiger partial charge in [0.15, 0.2) is 0 Å². The summed E-state index contributed by atoms with van der Waals surface area (Å²) in [7, 11) is 4.21. The molecular formula is C8H20N2. The van der Waals surface area contributed by atoms with E-state index in [0.29, 0.717) is 12.1 Å². The third-order valence-corrected chi connectivity index (χ3v) is 1.92. The van der Waals surface area contributed by atoms with E-state index in [1.807, 2.05) is 0 Å². The standard InChI is InChI=1S/C8H20N2/c1-7(9)5-6-8(2)10(3)4/h7-8H,5-6,9H2,1-4H3/t7-,8-/m0/s1. The van der Waals surface area contributed by atoms with Gasteiger partial charge in [-0.2, -0.15) is 0 Å². The summed E-state index contributed by atoms with van der Waals surface area (Å²) in [5, 5.41) is 0. The molecule has 0 spiro atoms. The molecule has 0 aliphatic heterocycles. The lowest BCUT2D eigenvalue weighted by Crippen LogP contribution is -2.27. The Hall–Kier alpha value is -0.0800. The summed E-state index contributed by atoms with van der Waals surface area (Å²) in [6, 6.07) is 1.01. The molecule has 0 aliphatic carbocycles. The van der Waals surface area contributed by atoms with Gasteiger partial charge >= 0.3 is 0 Å². The van der Waals surface area contributed by atoms with Crippen molar-refractivity contribution in [2.24, 2.45) is 5.73 Å². The van der Waals surface area contributed by atoms with Gasteiger partial charge in [-0.3, -0.25) is 0 Å². The number of hydrogen-bond acceptors (Lipinski definition) is 2. The van der Waals surface area contributed by atoms with E-state index in [0.717, 1.165) is 6.42 Å². The Kier molecular flexibility index (Phi) is 4.65. The molecule has 0 aromatic carbocycles. The number of nitrogens with zero attached hydrogens (tertiary/aromatic N) is 1. The molecule has 2 N–H and O–H groups in total. The van der Waals surface area contributed by atoms with E-state index >= 15 is 0 Å². The predicted molar refractivity (Wildman–Crippen MR) is 46.0 cm³/mol. The molecule has 0 amide bonds. The molecule has 62 valence electrons. The Balaban J connectivity index is 3.30. The lowest BCUT2D eigenvalue weighted by Gasteiger charge is -2.20. The summed E-state index contributed by atoms with van der Waals surface area (Å²) in [5.74, 6) is 0. The van der Waals surface area contributed by atoms with Crippen LogP contribution in [0.5, 0.6) is 0 Å². The molecule has 0 saturated heterocycles. The predicted octanol–water partition coefficient (Wildman–Crippen LogP) is 1.06. The normalized spacial score (nSPS) is 17.4. The Labute approximate surface area is 64.4 Å². The van der Waals surface area contributed by atoms with Gasteiger partial charge < -0.3 is 10.6 Å². The van der Waals surface area contributed by atoms with Gasteiger partial charge in [0.1, 0.15) is 0 Å². The van der Waals surface area contributed by atoms with Crippen molar-refractivity contribution in [1.29, 1.82) is 0 Å². The monoisotopic (exact) mass is 144 g/mol. The highest BCUT2D eigenvalue weighted by Crippen LogP contribution is 2.03. The van der Waals surface area contributed by atoms with Crippen LogP contribution in [0.4, 0.5) is 0 Å². The molecule has 2 heteroatoms. The first-order valence-corrected chi connectivity index (χ1v) is 3.96. The van der Waals surface area contributed by atoms with Crippen LogP contribution in [-0.4, -0.2) is 31.1 Å². The zero-order valence-corrected chi connectivity index (χ0v) is 7.59. The highest BCUT2D eigenvalue weighted by atomic mass is 15.1. The molecule has 2 nitrogen and oxygen atoms in total. The molecule has 0 aliphatic rings. The van der Waals surface area contributed by atoms with Crippen molar-refractivity contribution < 1.29 is 0 Å². The van der Waals surface area contributed by atoms with Gasteiger partial charge in [-0.15, -0.1) is 0 Å². The Bertz CT molecular complexity index is 79.3. The molecule has 0 aromatic rings. The number of hydrogen-bond donors (Lipinski definition) is 1. The van der Waals surface area contributed by atoms with E-state index in [9.17, 15) is 0 Å². The summed E-state index contributed by atoms with van der Waals surface area (Å²) in [6.07, 6.45) is 2.32. The first-order chi connectivity index (χ1) is 4.54. The minimum atomic E-state index is 0.349. The topological polar surface area (TPSA) is 29.3 Å². The molecule has 0 aromatic heterocycles. The molecule has 2 atom stereocenters. The zero-order chi connectivity index (χ0) is 8.15. The van der Waals surface area contributed by atoms with Gasteiger partial charge in [-0.05, 0) is 40.8 Å². The van der Waals surface area contributed by atoms with E-state index < -0.39 is 0 Å². The van der Waals surface area contributed by atoms with Crippen LogP contribution in [0.2, 0.25) is 0 Å². The Morgan fingerprint density at radius 3 is 2.00 bits per heavy atom. The van der Waals surface area contributed by atoms with E-state index in [-0.39, 0.29) is 0 Å². The van der Waals surface area contributed by atoms with Crippen LogP contribution in [0.25, 0.3) is 0 Å². The Morgan fingerprint density at radius 1 is 1.20 bits per heavy atom. The first-order valence-electron chi connectivity index (χ1n) is 3.96. The molecule has 0 bridgehead atoms. The molecule has 0 heterocycles. The van der Waals surface area contributed by atoms with Crippen LogP contribution in [0.3, 0.4) is 0 Å². The van der Waals surface area contributed by atoms with Gasteiger partial charge in [0.25, 0.3) is 0 Å². The van der Waals surface area contributed by atoms with Gasteiger partial charge in [0.2, 0.25) is 0 Å². The minimum Gasteiger partial charge on any atom is -0.328 e. The highest BCUT2D eigenvalue weighted by Gasteiger charge is 2.04. The third kappa shape index (κ3) is 4.77. The van der Waals surface area contributed by atoms with Crippen LogP contribution < -0.4 is 5.73 Å². The third-order valence-electron chi connectivity index (χ3n) is 1.92. The summed E-state index contributed by atoms with van der Waals surface area (Å²) in [5.41, 5.74) is 5.62. The van der Waals surface area contributed by atoms with Gasteiger partial charge in [0, 0.05) is 12.1 Å². The molecule has 10 heavy (non-hydrogen) atoms.